The summed E-state index contributed by atoms with van der Waals surface area (Å²) < 4.78 is 5.51. The molecular weight excluding hydrogens is 360 g/mol. The summed E-state index contributed by atoms with van der Waals surface area (Å²) in [7, 11) is 6.21. The molecule has 0 saturated carbocycles. The largest absolute Gasteiger partial charge is 0.381 e. The van der Waals surface area contributed by atoms with Crippen molar-refractivity contribution in [2.45, 2.75) is 25.3 Å². The van der Waals surface area contributed by atoms with Crippen LogP contribution in [0.25, 0.3) is 0 Å². The van der Waals surface area contributed by atoms with Gasteiger partial charge in [0.1, 0.15) is 0 Å². The Bertz CT molecular complexity index is 632. The minimum Gasteiger partial charge on any atom is -0.381 e. The van der Waals surface area contributed by atoms with E-state index in [1.807, 2.05) is 13.1 Å². The molecule has 2 saturated heterocycles. The van der Waals surface area contributed by atoms with Crippen LogP contribution < -0.4 is 5.32 Å². The number of hydrogen-bond donors (Lipinski definition) is 1. The second kappa shape index (κ2) is 9.76. The summed E-state index contributed by atoms with van der Waals surface area (Å²) in [5, 5.41) is 4.44. The lowest BCUT2D eigenvalue weighted by molar-refractivity contribution is 0.122. The molecule has 0 amide bonds. The Hall–Kier alpha value is -1.30. The van der Waals surface area contributed by atoms with E-state index in [-0.39, 0.29) is 0 Å². The molecule has 2 heterocycles. The van der Waals surface area contributed by atoms with Gasteiger partial charge in [-0.25, -0.2) is 0 Å². The zero-order chi connectivity index (χ0) is 19.2. The van der Waals surface area contributed by atoms with Gasteiger partial charge < -0.3 is 15.0 Å². The molecule has 1 aromatic rings. The van der Waals surface area contributed by atoms with E-state index in [1.165, 1.54) is 18.4 Å². The van der Waals surface area contributed by atoms with Crippen LogP contribution in [0.3, 0.4) is 0 Å². The zero-order valence-corrected chi connectivity index (χ0v) is 17.6. The van der Waals surface area contributed by atoms with Gasteiger partial charge in [-0.1, -0.05) is 23.7 Å². The highest BCUT2D eigenvalue weighted by Gasteiger charge is 2.31. The summed E-state index contributed by atoms with van der Waals surface area (Å²) in [6, 6.07) is 8.71. The second-order valence-electron chi connectivity index (χ2n) is 7.92. The van der Waals surface area contributed by atoms with Crippen molar-refractivity contribution in [3.05, 3.63) is 34.9 Å². The zero-order valence-electron chi connectivity index (χ0n) is 16.8. The van der Waals surface area contributed by atoms with E-state index < -0.39 is 0 Å². The maximum atomic E-state index is 6.26. The lowest BCUT2D eigenvalue weighted by Crippen LogP contribution is -2.46. The molecule has 1 N–H and O–H groups in total. The Morgan fingerprint density at radius 2 is 2.26 bits per heavy atom. The molecule has 3 rings (SSSR count). The van der Waals surface area contributed by atoms with Gasteiger partial charge in [-0.2, -0.15) is 0 Å². The smallest absolute Gasteiger partial charge is 0.193 e. The lowest BCUT2D eigenvalue weighted by atomic mass is 9.85. The number of nitrogens with zero attached hydrogens (tertiary/aromatic N) is 3. The number of halogens is 1. The standard InChI is InChI=1S/C21H33ClN4O/c1-23-21(26(3)14-16-9-11-27-15-16)24-13-18-7-5-10-25(2)20(18)17-6-4-8-19(22)12-17/h4,6,8,12,16,18,20H,5,7,9-11,13-15H2,1-3H3,(H,23,24). The summed E-state index contributed by atoms with van der Waals surface area (Å²) in [5.41, 5.74) is 1.31. The molecule has 0 aliphatic carbocycles. The van der Waals surface area contributed by atoms with Crippen molar-refractivity contribution in [3.63, 3.8) is 0 Å². The average molecular weight is 393 g/mol. The van der Waals surface area contributed by atoms with Gasteiger partial charge in [0, 0.05) is 50.8 Å². The third-order valence-electron chi connectivity index (χ3n) is 5.85. The van der Waals surface area contributed by atoms with E-state index in [2.05, 4.69) is 52.4 Å². The van der Waals surface area contributed by atoms with Crippen LogP contribution in [0.5, 0.6) is 0 Å². The van der Waals surface area contributed by atoms with Gasteiger partial charge in [-0.05, 0) is 56.5 Å². The fraction of sp³-hybridized carbons (Fsp3) is 0.667. The minimum absolute atomic E-state index is 0.386. The number of piperidine rings is 1. The number of rotatable bonds is 5. The van der Waals surface area contributed by atoms with Crippen molar-refractivity contribution in [2.75, 3.05) is 54.0 Å². The topological polar surface area (TPSA) is 40.1 Å². The van der Waals surface area contributed by atoms with Gasteiger partial charge in [0.15, 0.2) is 5.96 Å². The first-order valence-electron chi connectivity index (χ1n) is 10.0. The molecule has 2 aliphatic heterocycles. The third kappa shape index (κ3) is 5.37. The molecule has 0 aromatic heterocycles. The van der Waals surface area contributed by atoms with Crippen LogP contribution in [0.4, 0.5) is 0 Å². The summed E-state index contributed by atoms with van der Waals surface area (Å²) in [6.45, 7) is 4.79. The fourth-order valence-corrected chi connectivity index (χ4v) is 4.70. The third-order valence-corrected chi connectivity index (χ3v) is 6.08. The lowest BCUT2D eigenvalue weighted by Gasteiger charge is -2.40. The Kier molecular flexibility index (Phi) is 7.39. The Labute approximate surface area is 168 Å². The van der Waals surface area contributed by atoms with Gasteiger partial charge in [-0.3, -0.25) is 9.89 Å². The van der Waals surface area contributed by atoms with Gasteiger partial charge in [0.2, 0.25) is 0 Å². The molecular formula is C21H33ClN4O. The summed E-state index contributed by atoms with van der Waals surface area (Å²) >= 11 is 6.26. The second-order valence-corrected chi connectivity index (χ2v) is 8.36. The molecule has 2 fully saturated rings. The number of aliphatic imine (C=N–C) groups is 1. The summed E-state index contributed by atoms with van der Waals surface area (Å²) in [6.07, 6.45) is 3.59. The number of nitrogens with one attached hydrogen (secondary N) is 1. The van der Waals surface area contributed by atoms with Crippen LogP contribution in [-0.2, 0) is 4.74 Å². The van der Waals surface area contributed by atoms with Crippen molar-refractivity contribution < 1.29 is 4.74 Å². The van der Waals surface area contributed by atoms with Crippen LogP contribution in [0, 0.1) is 11.8 Å². The van der Waals surface area contributed by atoms with Crippen LogP contribution in [0.1, 0.15) is 30.9 Å². The van der Waals surface area contributed by atoms with Crippen LogP contribution >= 0.6 is 11.6 Å². The first kappa shape index (κ1) is 20.4. The Morgan fingerprint density at radius 3 is 2.96 bits per heavy atom. The van der Waals surface area contributed by atoms with Crippen molar-refractivity contribution >= 4 is 17.6 Å². The quantitative estimate of drug-likeness (QED) is 0.616. The van der Waals surface area contributed by atoms with Crippen LogP contribution in [0.15, 0.2) is 29.3 Å². The van der Waals surface area contributed by atoms with E-state index >= 15 is 0 Å². The van der Waals surface area contributed by atoms with E-state index in [0.717, 1.165) is 50.3 Å². The molecule has 6 heteroatoms. The Balaban J connectivity index is 1.63. The van der Waals surface area contributed by atoms with E-state index in [1.54, 1.807) is 0 Å². The molecule has 2 aliphatic rings. The number of benzene rings is 1. The molecule has 0 bridgehead atoms. The SMILES string of the molecule is CN=C(NCC1CCCN(C)C1c1cccc(Cl)c1)N(C)CC1CCOC1. The van der Waals surface area contributed by atoms with E-state index in [4.69, 9.17) is 16.3 Å². The van der Waals surface area contributed by atoms with E-state index in [9.17, 15) is 0 Å². The average Bonchev–Trinajstić information content (AvgIpc) is 3.15. The van der Waals surface area contributed by atoms with Gasteiger partial charge >= 0.3 is 0 Å². The van der Waals surface area contributed by atoms with Crippen molar-refractivity contribution in [1.29, 1.82) is 0 Å². The highest BCUT2D eigenvalue weighted by molar-refractivity contribution is 6.30. The first-order valence-corrected chi connectivity index (χ1v) is 10.4. The Morgan fingerprint density at radius 1 is 1.41 bits per heavy atom. The van der Waals surface area contributed by atoms with Gasteiger partial charge in [0.05, 0.1) is 6.61 Å². The monoisotopic (exact) mass is 392 g/mol. The van der Waals surface area contributed by atoms with Crippen molar-refractivity contribution in [3.8, 4) is 0 Å². The first-order chi connectivity index (χ1) is 13.1. The normalized spacial score (nSPS) is 27.0. The highest BCUT2D eigenvalue weighted by atomic mass is 35.5. The summed E-state index contributed by atoms with van der Waals surface area (Å²) in [4.78, 5) is 9.20. The maximum absolute atomic E-state index is 6.26. The van der Waals surface area contributed by atoms with Crippen molar-refractivity contribution in [2.24, 2.45) is 16.8 Å². The number of guanidine groups is 1. The molecule has 3 unspecified atom stereocenters. The van der Waals surface area contributed by atoms with Gasteiger partial charge in [-0.15, -0.1) is 0 Å². The highest BCUT2D eigenvalue weighted by Crippen LogP contribution is 2.35. The minimum atomic E-state index is 0.386. The number of ether oxygens (including phenoxy) is 1. The maximum Gasteiger partial charge on any atom is 0.193 e. The molecule has 3 atom stereocenters. The molecule has 150 valence electrons. The molecule has 0 spiro atoms. The van der Waals surface area contributed by atoms with Crippen molar-refractivity contribution in [1.82, 2.24) is 15.1 Å². The fourth-order valence-electron chi connectivity index (χ4n) is 4.50. The van der Waals surface area contributed by atoms with Crippen LogP contribution in [0.2, 0.25) is 5.02 Å². The molecule has 0 radical (unpaired) electrons. The molecule has 5 nitrogen and oxygen atoms in total. The molecule has 27 heavy (non-hydrogen) atoms. The predicted octanol–water partition coefficient (Wildman–Crippen LogP) is 3.27. The number of likely N-dealkylation sites (tertiary alicyclic amines) is 1. The van der Waals surface area contributed by atoms with Gasteiger partial charge in [0.25, 0.3) is 0 Å². The van der Waals surface area contributed by atoms with E-state index in [0.29, 0.717) is 17.9 Å². The predicted molar refractivity (Wildman–Crippen MR) is 112 cm³/mol. The number of hydrogen-bond acceptors (Lipinski definition) is 3. The summed E-state index contributed by atoms with van der Waals surface area (Å²) in [5.74, 6) is 2.11. The molecule has 1 aromatic carbocycles. The van der Waals surface area contributed by atoms with Crippen LogP contribution in [-0.4, -0.2) is 69.8 Å².